The minimum absolute atomic E-state index is 0. The van der Waals surface area contributed by atoms with Gasteiger partial charge in [0.25, 0.3) is 5.56 Å². The Hall–Kier alpha value is -2.31. The first-order valence-electron chi connectivity index (χ1n) is 4.05. The summed E-state index contributed by atoms with van der Waals surface area (Å²) in [6.07, 6.45) is 0. The summed E-state index contributed by atoms with van der Waals surface area (Å²) < 4.78 is 2.07. The van der Waals surface area contributed by atoms with Crippen molar-refractivity contribution in [3.8, 4) is 0 Å². The minimum atomic E-state index is -0.568. The third kappa shape index (κ3) is 1.33. The molecule has 0 amide bonds. The lowest BCUT2D eigenvalue weighted by molar-refractivity contribution is 0.566. The van der Waals surface area contributed by atoms with E-state index in [0.29, 0.717) is 0 Å². The second-order valence-electron chi connectivity index (χ2n) is 3.03. The average Bonchev–Trinajstić information content (AvgIpc) is 2.67. The Labute approximate surface area is 87.8 Å². The Morgan fingerprint density at radius 2 is 1.75 bits per heavy atom. The molecule has 8 nitrogen and oxygen atoms in total. The van der Waals surface area contributed by atoms with Crippen LogP contribution in [0.5, 0.6) is 0 Å². The molecule has 16 heavy (non-hydrogen) atoms. The summed E-state index contributed by atoms with van der Waals surface area (Å²) in [5.41, 5.74) is -0.978. The Morgan fingerprint density at radius 1 is 1.12 bits per heavy atom. The highest BCUT2D eigenvalue weighted by molar-refractivity contribution is 5.51. The smallest absolute Gasteiger partial charge is 0.332 e. The highest BCUT2D eigenvalue weighted by Gasteiger charge is 2.12. The van der Waals surface area contributed by atoms with Crippen LogP contribution >= 0.6 is 0 Å². The number of aromatic nitrogens is 2. The molecule has 1 aliphatic rings. The largest absolute Gasteiger partial charge is 0.412 e. The standard InChI is InChI=1S/C8H6N4O3.H2O/c1-11-6-5(9-4(3-13)10-6)7(14)12(2)8(11)15;/h1-2H3;1H2. The zero-order valence-electron chi connectivity index (χ0n) is 8.51. The van der Waals surface area contributed by atoms with Gasteiger partial charge in [-0.15, -0.1) is 0 Å². The number of rotatable bonds is 0. The molecule has 1 aromatic rings. The topological polar surface area (TPSA) is 117 Å². The molecule has 0 fully saturated rings. The zero-order valence-corrected chi connectivity index (χ0v) is 8.51. The summed E-state index contributed by atoms with van der Waals surface area (Å²) in [6, 6.07) is 0. The third-order valence-corrected chi connectivity index (χ3v) is 2.13. The van der Waals surface area contributed by atoms with E-state index in [4.69, 9.17) is 0 Å². The maximum atomic E-state index is 11.5. The SMILES string of the molecule is Cn1c(=O)c2c(n(C)c1=O)=NC(=C=O)N=2.O. The maximum Gasteiger partial charge on any atom is 0.332 e. The van der Waals surface area contributed by atoms with Crippen molar-refractivity contribution in [2.45, 2.75) is 0 Å². The first-order chi connectivity index (χ1) is 7.06. The van der Waals surface area contributed by atoms with Gasteiger partial charge in [0.1, 0.15) is 0 Å². The molecule has 8 heteroatoms. The highest BCUT2D eigenvalue weighted by atomic mass is 16.2. The van der Waals surface area contributed by atoms with E-state index in [-0.39, 0.29) is 22.1 Å². The van der Waals surface area contributed by atoms with E-state index in [1.54, 1.807) is 0 Å². The van der Waals surface area contributed by atoms with E-state index < -0.39 is 11.2 Å². The average molecular weight is 224 g/mol. The van der Waals surface area contributed by atoms with Crippen LogP contribution in [0.3, 0.4) is 0 Å². The predicted molar refractivity (Wildman–Crippen MR) is 52.1 cm³/mol. The second-order valence-corrected chi connectivity index (χ2v) is 3.03. The van der Waals surface area contributed by atoms with Gasteiger partial charge < -0.3 is 5.48 Å². The van der Waals surface area contributed by atoms with Crippen molar-refractivity contribution in [2.24, 2.45) is 24.1 Å². The summed E-state index contributed by atoms with van der Waals surface area (Å²) >= 11 is 0. The first kappa shape index (κ1) is 11.8. The van der Waals surface area contributed by atoms with Gasteiger partial charge in [-0.3, -0.25) is 13.9 Å². The van der Waals surface area contributed by atoms with Crippen molar-refractivity contribution in [1.82, 2.24) is 9.13 Å². The number of hydrogen-bond acceptors (Lipinski definition) is 5. The van der Waals surface area contributed by atoms with E-state index in [1.165, 1.54) is 20.0 Å². The van der Waals surface area contributed by atoms with Gasteiger partial charge in [-0.2, -0.15) is 4.99 Å². The summed E-state index contributed by atoms with van der Waals surface area (Å²) in [5.74, 6) is 1.25. The Balaban J connectivity index is 0.00000128. The molecule has 1 aliphatic heterocycles. The van der Waals surface area contributed by atoms with E-state index in [9.17, 15) is 14.4 Å². The molecule has 0 atom stereocenters. The lowest BCUT2D eigenvalue weighted by Crippen LogP contribution is -2.55. The van der Waals surface area contributed by atoms with Gasteiger partial charge in [0.2, 0.25) is 5.82 Å². The predicted octanol–water partition coefficient (Wildman–Crippen LogP) is -3.81. The van der Waals surface area contributed by atoms with Gasteiger partial charge in [-0.25, -0.2) is 14.6 Å². The lowest BCUT2D eigenvalue weighted by Gasteiger charge is -1.98. The van der Waals surface area contributed by atoms with Crippen molar-refractivity contribution in [2.75, 3.05) is 0 Å². The summed E-state index contributed by atoms with van der Waals surface area (Å²) in [6.45, 7) is 0. The van der Waals surface area contributed by atoms with E-state index >= 15 is 0 Å². The number of nitrogens with zero attached hydrogens (tertiary/aromatic N) is 4. The molecule has 2 N–H and O–H groups in total. The van der Waals surface area contributed by atoms with E-state index in [2.05, 4.69) is 9.98 Å². The Bertz CT molecular complexity index is 733. The van der Waals surface area contributed by atoms with Crippen LogP contribution in [0.4, 0.5) is 0 Å². The van der Waals surface area contributed by atoms with E-state index in [0.717, 1.165) is 9.13 Å². The molecule has 0 aromatic carbocycles. The number of hydrogen-bond donors (Lipinski definition) is 0. The molecule has 0 aliphatic carbocycles. The molecule has 0 saturated carbocycles. The van der Waals surface area contributed by atoms with Crippen LogP contribution in [-0.2, 0) is 18.9 Å². The molecule has 0 radical (unpaired) electrons. The first-order valence-corrected chi connectivity index (χ1v) is 4.05. The fraction of sp³-hybridized carbons (Fsp3) is 0.250. The molecule has 0 bridgehead atoms. The van der Waals surface area contributed by atoms with Crippen molar-refractivity contribution in [3.63, 3.8) is 0 Å². The van der Waals surface area contributed by atoms with Crippen molar-refractivity contribution in [3.05, 3.63) is 37.5 Å². The van der Waals surface area contributed by atoms with E-state index in [1.807, 2.05) is 0 Å². The molecule has 0 spiro atoms. The fourth-order valence-electron chi connectivity index (χ4n) is 1.32. The van der Waals surface area contributed by atoms with Crippen LogP contribution in [-0.4, -0.2) is 20.6 Å². The Morgan fingerprint density at radius 3 is 2.31 bits per heavy atom. The van der Waals surface area contributed by atoms with Gasteiger partial charge >= 0.3 is 5.69 Å². The molecular weight excluding hydrogens is 216 g/mol. The van der Waals surface area contributed by atoms with Gasteiger partial charge in [-0.1, -0.05) is 0 Å². The van der Waals surface area contributed by atoms with Crippen LogP contribution in [0, 0.1) is 0 Å². The molecule has 0 unspecified atom stereocenters. The van der Waals surface area contributed by atoms with Crippen molar-refractivity contribution < 1.29 is 10.3 Å². The van der Waals surface area contributed by atoms with Crippen LogP contribution in [0.25, 0.3) is 0 Å². The van der Waals surface area contributed by atoms with Crippen LogP contribution in [0.2, 0.25) is 0 Å². The highest BCUT2D eigenvalue weighted by Crippen LogP contribution is 1.89. The summed E-state index contributed by atoms with van der Waals surface area (Å²) in [7, 11) is 2.79. The molecule has 2 rings (SSSR count). The molecular formula is C8H8N4O4. The normalized spacial score (nSPS) is 12.0. The quantitative estimate of drug-likeness (QED) is 0.420. The van der Waals surface area contributed by atoms with Gasteiger partial charge in [0.15, 0.2) is 16.8 Å². The van der Waals surface area contributed by atoms with Crippen LogP contribution in [0.1, 0.15) is 0 Å². The maximum absolute atomic E-state index is 11.5. The summed E-state index contributed by atoms with van der Waals surface area (Å²) in [4.78, 5) is 40.7. The molecule has 84 valence electrons. The van der Waals surface area contributed by atoms with Crippen LogP contribution < -0.4 is 22.1 Å². The zero-order chi connectivity index (χ0) is 11.2. The third-order valence-electron chi connectivity index (χ3n) is 2.13. The second kappa shape index (κ2) is 3.69. The van der Waals surface area contributed by atoms with Gasteiger partial charge in [0.05, 0.1) is 0 Å². The molecule has 0 saturated heterocycles. The van der Waals surface area contributed by atoms with Gasteiger partial charge in [-0.05, 0) is 0 Å². The molecule has 2 heterocycles. The van der Waals surface area contributed by atoms with Gasteiger partial charge in [0, 0.05) is 14.1 Å². The lowest BCUT2D eigenvalue weighted by atomic mass is 10.5. The monoisotopic (exact) mass is 224 g/mol. The summed E-state index contributed by atoms with van der Waals surface area (Å²) in [5, 5.41) is -0.00190. The van der Waals surface area contributed by atoms with Crippen molar-refractivity contribution in [1.29, 1.82) is 0 Å². The van der Waals surface area contributed by atoms with Crippen molar-refractivity contribution >= 4 is 5.94 Å². The van der Waals surface area contributed by atoms with Crippen LogP contribution in [0.15, 0.2) is 25.4 Å². The number of fused-ring (bicyclic) bond motifs is 1. The minimum Gasteiger partial charge on any atom is -0.412 e. The molecule has 1 aromatic heterocycles. The Kier molecular flexibility index (Phi) is 2.71. The number of carbonyl (C=O) groups excluding carboxylic acids is 1. The fourth-order valence-corrected chi connectivity index (χ4v) is 1.32.